The fraction of sp³-hybridized carbons (Fsp3) is 0.558. The summed E-state index contributed by atoms with van der Waals surface area (Å²) in [7, 11) is 0. The fourth-order valence-corrected chi connectivity index (χ4v) is 9.82. The topological polar surface area (TPSA) is 253 Å². The van der Waals surface area contributed by atoms with Crippen LogP contribution in [0.5, 0.6) is 0 Å². The Bertz CT molecular complexity index is 2160. The summed E-state index contributed by atoms with van der Waals surface area (Å²) < 4.78 is 55.4. The molecule has 2 aliphatic carbocycles. The van der Waals surface area contributed by atoms with Gasteiger partial charge in [0.2, 0.25) is 0 Å². The first-order chi connectivity index (χ1) is 29.0. The first kappa shape index (κ1) is 45.6. The molecule has 19 heteroatoms. The highest BCUT2D eigenvalue weighted by Crippen LogP contribution is 2.70. The van der Waals surface area contributed by atoms with Crippen LogP contribution in [-0.4, -0.2) is 124 Å². The number of carbonyl (C=O) groups excluding carboxylic acids is 8. The maximum atomic E-state index is 14.6. The number of hydrogen-bond donors (Lipinski definition) is 1. The third-order valence-corrected chi connectivity index (χ3v) is 12.4. The van der Waals surface area contributed by atoms with E-state index in [0.717, 1.165) is 41.5 Å². The number of nitrogens with zero attached hydrogens (tertiary/aromatic N) is 1. The molecule has 4 bridgehead atoms. The lowest BCUT2D eigenvalue weighted by atomic mass is 9.45. The molecule has 1 spiro atoms. The van der Waals surface area contributed by atoms with Crippen LogP contribution in [0.25, 0.3) is 0 Å². The number of fused-ring (bicyclic) bond motifs is 5. The van der Waals surface area contributed by atoms with Gasteiger partial charge in [-0.1, -0.05) is 32.0 Å². The molecule has 4 aliphatic rings. The Balaban J connectivity index is 1.80. The second-order valence-corrected chi connectivity index (χ2v) is 16.5. The van der Waals surface area contributed by atoms with Crippen molar-refractivity contribution in [3.63, 3.8) is 0 Å². The minimum absolute atomic E-state index is 0.0497. The number of rotatable bonds is 8. The molecule has 6 rings (SSSR count). The third kappa shape index (κ3) is 7.43. The van der Waals surface area contributed by atoms with Crippen molar-refractivity contribution in [2.24, 2.45) is 17.3 Å². The molecule has 334 valence electrons. The molecule has 1 aromatic carbocycles. The molecule has 2 saturated carbocycles. The molecule has 1 saturated heterocycles. The number of carbonyl (C=O) groups is 8. The molecule has 0 radical (unpaired) electrons. The standard InChI is InChI=1S/C43H49NO18/c1-20-21(2)37(50)61-34-32(60-38(51)27-14-11-10-12-15-27)36(59-26(7)49)42(19-54-22(3)45)35(58-25(6)48)31(56-23(4)46)29-33(57-24(5)47)43(42,41(34,9)53)62-40(29,8)18-55-39(52)28-16-13-17-44-30(20)28/h10-17,20-21,29,31-36,53H,18-19H2,1-9H3. The molecule has 1 N–H and O–H groups in total. The van der Waals surface area contributed by atoms with Gasteiger partial charge < -0.3 is 47.7 Å². The van der Waals surface area contributed by atoms with Gasteiger partial charge in [0.1, 0.15) is 42.0 Å². The summed E-state index contributed by atoms with van der Waals surface area (Å²) in [6, 6.07) is 10.3. The van der Waals surface area contributed by atoms with E-state index in [9.17, 15) is 43.5 Å². The number of ether oxygens (including phenoxy) is 9. The van der Waals surface area contributed by atoms with Crippen LogP contribution < -0.4 is 0 Å². The summed E-state index contributed by atoms with van der Waals surface area (Å²) in [5.41, 5.74) is -10.3. The van der Waals surface area contributed by atoms with Crippen molar-refractivity contribution in [2.45, 2.75) is 122 Å². The number of benzene rings is 1. The van der Waals surface area contributed by atoms with E-state index in [1.807, 2.05) is 0 Å². The number of aromatic nitrogens is 1. The lowest BCUT2D eigenvalue weighted by Gasteiger charge is -2.67. The lowest BCUT2D eigenvalue weighted by molar-refractivity contribution is -0.386. The molecule has 0 amide bonds. The van der Waals surface area contributed by atoms with Gasteiger partial charge in [0, 0.05) is 46.7 Å². The Morgan fingerprint density at radius 1 is 0.742 bits per heavy atom. The number of cyclic esters (lactones) is 1. The minimum atomic E-state index is -2.87. The van der Waals surface area contributed by atoms with Crippen LogP contribution in [0.1, 0.15) is 94.6 Å². The zero-order valence-electron chi connectivity index (χ0n) is 35.6. The summed E-state index contributed by atoms with van der Waals surface area (Å²) in [6.45, 7) is 8.69. The van der Waals surface area contributed by atoms with E-state index in [4.69, 9.17) is 42.6 Å². The van der Waals surface area contributed by atoms with Gasteiger partial charge in [-0.05, 0) is 38.1 Å². The smallest absolute Gasteiger partial charge is 0.340 e. The van der Waals surface area contributed by atoms with E-state index in [1.54, 1.807) is 13.0 Å². The van der Waals surface area contributed by atoms with E-state index < -0.39 is 138 Å². The van der Waals surface area contributed by atoms with Crippen LogP contribution >= 0.6 is 0 Å². The van der Waals surface area contributed by atoms with Crippen LogP contribution in [0.2, 0.25) is 0 Å². The molecule has 13 atom stereocenters. The molecular weight excluding hydrogens is 818 g/mol. The van der Waals surface area contributed by atoms with E-state index in [1.165, 1.54) is 56.4 Å². The molecule has 19 nitrogen and oxygen atoms in total. The quantitative estimate of drug-likeness (QED) is 0.295. The van der Waals surface area contributed by atoms with Crippen molar-refractivity contribution in [2.75, 3.05) is 13.2 Å². The van der Waals surface area contributed by atoms with Gasteiger partial charge in [-0.2, -0.15) is 0 Å². The van der Waals surface area contributed by atoms with Crippen molar-refractivity contribution in [3.8, 4) is 0 Å². The van der Waals surface area contributed by atoms with Crippen molar-refractivity contribution >= 4 is 47.8 Å². The van der Waals surface area contributed by atoms with E-state index >= 15 is 0 Å². The Morgan fingerprint density at radius 2 is 1.32 bits per heavy atom. The molecule has 62 heavy (non-hydrogen) atoms. The molecule has 3 heterocycles. The molecular formula is C43H49NO18. The largest absolute Gasteiger partial charge is 0.465 e. The number of hydrogen-bond acceptors (Lipinski definition) is 19. The van der Waals surface area contributed by atoms with Gasteiger partial charge in [0.15, 0.2) is 30.0 Å². The normalized spacial score (nSPS) is 36.0. The zero-order chi connectivity index (χ0) is 45.7. The highest BCUT2D eigenvalue weighted by atomic mass is 16.7. The average molecular weight is 868 g/mol. The Morgan fingerprint density at radius 3 is 1.90 bits per heavy atom. The van der Waals surface area contributed by atoms with Gasteiger partial charge in [-0.25, -0.2) is 9.59 Å². The van der Waals surface area contributed by atoms with Gasteiger partial charge in [-0.15, -0.1) is 0 Å². The predicted molar refractivity (Wildman–Crippen MR) is 205 cm³/mol. The maximum absolute atomic E-state index is 14.6. The number of aliphatic hydroxyl groups is 1. The molecule has 2 aliphatic heterocycles. The molecule has 2 aromatic rings. The number of esters is 8. The number of pyridine rings is 1. The second kappa shape index (κ2) is 16.7. The monoisotopic (exact) mass is 867 g/mol. The van der Waals surface area contributed by atoms with Crippen LogP contribution in [0.15, 0.2) is 48.7 Å². The molecule has 3 fully saturated rings. The first-order valence-electron chi connectivity index (χ1n) is 19.9. The Hall–Kier alpha value is -5.95. The van der Waals surface area contributed by atoms with E-state index in [-0.39, 0.29) is 16.8 Å². The first-order valence-corrected chi connectivity index (χ1v) is 19.9. The summed E-state index contributed by atoms with van der Waals surface area (Å²) >= 11 is 0. The summed E-state index contributed by atoms with van der Waals surface area (Å²) in [6.07, 6.45) is -10.8. The van der Waals surface area contributed by atoms with Crippen LogP contribution in [0.4, 0.5) is 0 Å². The third-order valence-electron chi connectivity index (χ3n) is 12.4. The highest BCUT2D eigenvalue weighted by Gasteiger charge is 2.92. The van der Waals surface area contributed by atoms with Crippen molar-refractivity contribution in [1.82, 2.24) is 4.98 Å². The van der Waals surface area contributed by atoms with Crippen LogP contribution in [0, 0.1) is 17.3 Å². The summed E-state index contributed by atoms with van der Waals surface area (Å²) in [4.78, 5) is 114. The predicted octanol–water partition coefficient (Wildman–Crippen LogP) is 2.33. The van der Waals surface area contributed by atoms with Crippen LogP contribution in [-0.2, 0) is 71.4 Å². The van der Waals surface area contributed by atoms with Gasteiger partial charge >= 0.3 is 47.8 Å². The molecule has 13 unspecified atom stereocenters. The minimum Gasteiger partial charge on any atom is -0.465 e. The van der Waals surface area contributed by atoms with Gasteiger partial charge in [0.25, 0.3) is 0 Å². The highest BCUT2D eigenvalue weighted by molar-refractivity contribution is 5.91. The molecule has 1 aromatic heterocycles. The second-order valence-electron chi connectivity index (χ2n) is 16.5. The SMILES string of the molecule is CC(=O)OCC12C(OC(C)=O)C(OC(C)=O)C3C(OC(C)=O)C14OC3(C)COC(=O)c1cccnc1C(C)C(C)C(=O)OC(C(OC(=O)c1ccccc1)C2OC(C)=O)C4(C)O. The maximum Gasteiger partial charge on any atom is 0.340 e. The fourth-order valence-electron chi connectivity index (χ4n) is 9.82. The lowest BCUT2D eigenvalue weighted by Crippen LogP contribution is -2.89. The Labute approximate surface area is 355 Å². The average Bonchev–Trinajstić information content (AvgIpc) is 3.42. The van der Waals surface area contributed by atoms with Gasteiger partial charge in [0.05, 0.1) is 28.7 Å². The van der Waals surface area contributed by atoms with Crippen molar-refractivity contribution in [1.29, 1.82) is 0 Å². The van der Waals surface area contributed by atoms with E-state index in [0.29, 0.717) is 0 Å². The Kier molecular flexibility index (Phi) is 12.3. The van der Waals surface area contributed by atoms with E-state index in [2.05, 4.69) is 4.98 Å². The van der Waals surface area contributed by atoms with Gasteiger partial charge in [-0.3, -0.25) is 33.8 Å². The van der Waals surface area contributed by atoms with Crippen molar-refractivity contribution < 1.29 is 86.1 Å². The van der Waals surface area contributed by atoms with Crippen molar-refractivity contribution in [3.05, 3.63) is 65.5 Å². The summed E-state index contributed by atoms with van der Waals surface area (Å²) in [5, 5.41) is 13.7. The summed E-state index contributed by atoms with van der Waals surface area (Å²) in [5.74, 6) is -11.8. The zero-order valence-corrected chi connectivity index (χ0v) is 35.6. The van der Waals surface area contributed by atoms with Crippen LogP contribution in [0.3, 0.4) is 0 Å².